The van der Waals surface area contributed by atoms with Crippen molar-refractivity contribution in [3.63, 3.8) is 0 Å². The minimum atomic E-state index is -2.94. The molecule has 0 fully saturated rings. The predicted molar refractivity (Wildman–Crippen MR) is 57.9 cm³/mol. The van der Waals surface area contributed by atoms with Gasteiger partial charge in [0.1, 0.15) is 5.75 Å². The first-order chi connectivity index (χ1) is 7.34. The molecule has 0 saturated carbocycles. The molecule has 90 valence electrons. The average molecular weight is 230 g/mol. The van der Waals surface area contributed by atoms with E-state index in [0.29, 0.717) is 12.0 Å². The van der Waals surface area contributed by atoms with E-state index in [-0.39, 0.29) is 11.3 Å². The smallest absolute Gasteiger partial charge is 0.274 e. The summed E-state index contributed by atoms with van der Waals surface area (Å²) in [6.07, 6.45) is -0.195. The fourth-order valence-electron chi connectivity index (χ4n) is 1.57. The number of hydrogen-bond acceptors (Lipinski definition) is 2. The molecular formula is C12H16F2O2. The molecule has 1 atom stereocenters. The van der Waals surface area contributed by atoms with Crippen molar-refractivity contribution in [3.8, 4) is 5.75 Å². The van der Waals surface area contributed by atoms with Crippen LogP contribution in [0.25, 0.3) is 0 Å². The first-order valence-electron chi connectivity index (χ1n) is 5.08. The van der Waals surface area contributed by atoms with Crippen LogP contribution in [-0.2, 0) is 12.3 Å². The molecule has 0 aliphatic carbocycles. The fourth-order valence-corrected chi connectivity index (χ4v) is 1.57. The Labute approximate surface area is 93.9 Å². The normalized spacial score (nSPS) is 13.6. The van der Waals surface area contributed by atoms with Gasteiger partial charge in [-0.15, -0.1) is 0 Å². The van der Waals surface area contributed by atoms with Crippen LogP contribution in [0.2, 0.25) is 0 Å². The Morgan fingerprint density at radius 3 is 2.50 bits per heavy atom. The Hall–Kier alpha value is -1.16. The van der Waals surface area contributed by atoms with E-state index >= 15 is 0 Å². The number of aliphatic hydroxyl groups excluding tert-OH is 1. The molecule has 0 bridgehead atoms. The lowest BCUT2D eigenvalue weighted by molar-refractivity contribution is 0.0149. The quantitative estimate of drug-likeness (QED) is 0.861. The highest BCUT2D eigenvalue weighted by molar-refractivity contribution is 5.40. The van der Waals surface area contributed by atoms with Crippen LogP contribution in [0.5, 0.6) is 5.75 Å². The summed E-state index contributed by atoms with van der Waals surface area (Å²) >= 11 is 0. The second-order valence-corrected chi connectivity index (χ2v) is 3.98. The summed E-state index contributed by atoms with van der Waals surface area (Å²) in [7, 11) is 1.36. The van der Waals surface area contributed by atoms with Crippen molar-refractivity contribution < 1.29 is 18.6 Å². The van der Waals surface area contributed by atoms with Crippen LogP contribution in [-0.4, -0.2) is 18.3 Å². The molecule has 0 radical (unpaired) electrons. The second kappa shape index (κ2) is 4.78. The van der Waals surface area contributed by atoms with Gasteiger partial charge in [-0.25, -0.2) is 8.78 Å². The lowest BCUT2D eigenvalue weighted by Crippen LogP contribution is -2.11. The molecule has 1 rings (SSSR count). The summed E-state index contributed by atoms with van der Waals surface area (Å²) in [5.41, 5.74) is 0.528. The van der Waals surface area contributed by atoms with Crippen LogP contribution in [0.4, 0.5) is 8.78 Å². The lowest BCUT2D eigenvalue weighted by Gasteiger charge is -2.16. The van der Waals surface area contributed by atoms with E-state index < -0.39 is 12.0 Å². The topological polar surface area (TPSA) is 29.5 Å². The van der Waals surface area contributed by atoms with E-state index in [1.807, 2.05) is 0 Å². The molecule has 1 aromatic rings. The SMILES string of the molecule is COc1ccc(CC(C)O)cc1C(C)(F)F. The molecule has 16 heavy (non-hydrogen) atoms. The first kappa shape index (κ1) is 12.9. The van der Waals surface area contributed by atoms with Crippen molar-refractivity contribution in [2.75, 3.05) is 7.11 Å². The lowest BCUT2D eigenvalue weighted by atomic mass is 10.0. The third-order valence-electron chi connectivity index (χ3n) is 2.27. The van der Waals surface area contributed by atoms with Crippen LogP contribution in [0.1, 0.15) is 25.0 Å². The molecule has 2 nitrogen and oxygen atoms in total. The maximum atomic E-state index is 13.3. The highest BCUT2D eigenvalue weighted by atomic mass is 19.3. The van der Waals surface area contributed by atoms with Crippen LogP contribution in [0.15, 0.2) is 18.2 Å². The van der Waals surface area contributed by atoms with E-state index in [0.717, 1.165) is 6.92 Å². The molecule has 0 amide bonds. The van der Waals surface area contributed by atoms with Gasteiger partial charge in [-0.3, -0.25) is 0 Å². The van der Waals surface area contributed by atoms with Crippen molar-refractivity contribution >= 4 is 0 Å². The number of rotatable bonds is 4. The van der Waals surface area contributed by atoms with Crippen molar-refractivity contribution in [3.05, 3.63) is 29.3 Å². The van der Waals surface area contributed by atoms with Crippen LogP contribution >= 0.6 is 0 Å². The van der Waals surface area contributed by atoms with Crippen molar-refractivity contribution in [2.45, 2.75) is 32.3 Å². The molecule has 0 aliphatic rings. The maximum absolute atomic E-state index is 13.3. The van der Waals surface area contributed by atoms with E-state index in [1.54, 1.807) is 13.0 Å². The third kappa shape index (κ3) is 3.17. The van der Waals surface area contributed by atoms with Crippen LogP contribution in [0.3, 0.4) is 0 Å². The summed E-state index contributed by atoms with van der Waals surface area (Å²) in [5, 5.41) is 9.21. The zero-order valence-electron chi connectivity index (χ0n) is 9.63. The Morgan fingerprint density at radius 1 is 1.44 bits per heavy atom. The maximum Gasteiger partial charge on any atom is 0.274 e. The highest BCUT2D eigenvalue weighted by Crippen LogP contribution is 2.35. The van der Waals surface area contributed by atoms with Gasteiger partial charge in [0, 0.05) is 6.92 Å². The molecule has 1 aromatic carbocycles. The predicted octanol–water partition coefficient (Wildman–Crippen LogP) is 2.73. The molecule has 4 heteroatoms. The van der Waals surface area contributed by atoms with Crippen molar-refractivity contribution in [2.24, 2.45) is 0 Å². The molecule has 0 aliphatic heterocycles. The molecular weight excluding hydrogens is 214 g/mol. The van der Waals surface area contributed by atoms with Gasteiger partial charge < -0.3 is 9.84 Å². The van der Waals surface area contributed by atoms with Gasteiger partial charge in [0.15, 0.2) is 0 Å². The summed E-state index contributed by atoms with van der Waals surface area (Å²) in [4.78, 5) is 0. The number of aliphatic hydroxyl groups is 1. The number of halogens is 2. The monoisotopic (exact) mass is 230 g/mol. The van der Waals surface area contributed by atoms with Gasteiger partial charge in [0.25, 0.3) is 5.92 Å². The van der Waals surface area contributed by atoms with Crippen LogP contribution < -0.4 is 4.74 Å². The molecule has 0 saturated heterocycles. The second-order valence-electron chi connectivity index (χ2n) is 3.98. The standard InChI is InChI=1S/C12H16F2O2/c1-8(15)6-9-4-5-11(16-3)10(7-9)12(2,13)14/h4-5,7-8,15H,6H2,1-3H3. The third-order valence-corrected chi connectivity index (χ3v) is 2.27. The number of ether oxygens (including phenoxy) is 1. The largest absolute Gasteiger partial charge is 0.496 e. The summed E-state index contributed by atoms with van der Waals surface area (Å²) in [5.74, 6) is -2.78. The number of methoxy groups -OCH3 is 1. The van der Waals surface area contributed by atoms with E-state index in [4.69, 9.17) is 4.74 Å². The number of alkyl halides is 2. The van der Waals surface area contributed by atoms with Gasteiger partial charge in [-0.05, 0) is 31.0 Å². The van der Waals surface area contributed by atoms with Crippen LogP contribution in [0, 0.1) is 0 Å². The molecule has 1 unspecified atom stereocenters. The average Bonchev–Trinajstić information content (AvgIpc) is 2.15. The van der Waals surface area contributed by atoms with Gasteiger partial charge >= 0.3 is 0 Å². The van der Waals surface area contributed by atoms with Crippen molar-refractivity contribution in [1.82, 2.24) is 0 Å². The van der Waals surface area contributed by atoms with Gasteiger partial charge in [-0.2, -0.15) is 0 Å². The van der Waals surface area contributed by atoms with Gasteiger partial charge in [-0.1, -0.05) is 6.07 Å². The van der Waals surface area contributed by atoms with Gasteiger partial charge in [0.2, 0.25) is 0 Å². The fraction of sp³-hybridized carbons (Fsp3) is 0.500. The zero-order chi connectivity index (χ0) is 12.3. The Balaban J connectivity index is 3.12. The molecule has 0 spiro atoms. The van der Waals surface area contributed by atoms with Gasteiger partial charge in [0.05, 0.1) is 18.8 Å². The van der Waals surface area contributed by atoms with E-state index in [1.165, 1.54) is 19.2 Å². The minimum Gasteiger partial charge on any atom is -0.496 e. The minimum absolute atomic E-state index is 0.145. The number of benzene rings is 1. The van der Waals surface area contributed by atoms with E-state index in [2.05, 4.69) is 0 Å². The summed E-state index contributed by atoms with van der Waals surface area (Å²) in [6, 6.07) is 4.57. The van der Waals surface area contributed by atoms with Crippen molar-refractivity contribution in [1.29, 1.82) is 0 Å². The molecule has 1 N–H and O–H groups in total. The summed E-state index contributed by atoms with van der Waals surface area (Å²) in [6.45, 7) is 2.45. The molecule has 0 heterocycles. The molecule has 0 aromatic heterocycles. The Morgan fingerprint density at radius 2 is 2.06 bits per heavy atom. The highest BCUT2D eigenvalue weighted by Gasteiger charge is 2.28. The Kier molecular flexibility index (Phi) is 3.86. The zero-order valence-corrected chi connectivity index (χ0v) is 9.63. The Bertz CT molecular complexity index is 357. The summed E-state index contributed by atoms with van der Waals surface area (Å²) < 4.78 is 31.4. The first-order valence-corrected chi connectivity index (χ1v) is 5.08. The number of hydrogen-bond donors (Lipinski definition) is 1. The van der Waals surface area contributed by atoms with E-state index in [9.17, 15) is 13.9 Å².